The molecule has 136 valence electrons. The highest BCUT2D eigenvalue weighted by atomic mass is 16.5. The minimum Gasteiger partial charge on any atom is -0.489 e. The summed E-state index contributed by atoms with van der Waals surface area (Å²) >= 11 is 0. The van der Waals surface area contributed by atoms with Crippen LogP contribution in [0, 0.1) is 11.3 Å². The minimum atomic E-state index is 0.367. The first-order valence-corrected chi connectivity index (χ1v) is 9.15. The second-order valence-corrected chi connectivity index (χ2v) is 6.88. The molecule has 0 aliphatic carbocycles. The lowest BCUT2D eigenvalue weighted by Crippen LogP contribution is -2.54. The summed E-state index contributed by atoms with van der Waals surface area (Å²) in [7, 11) is 0. The smallest absolute Gasteiger partial charge is 0.160 e. The van der Waals surface area contributed by atoms with Crippen molar-refractivity contribution in [1.82, 2.24) is 10.2 Å². The Labute approximate surface area is 150 Å². The quantitative estimate of drug-likeness (QED) is 0.873. The zero-order valence-corrected chi connectivity index (χ0v) is 15.2. The Hall–Kier alpha value is -1.81. The molecule has 0 aromatic heterocycles. The highest BCUT2D eigenvalue weighted by Crippen LogP contribution is 2.34. The van der Waals surface area contributed by atoms with E-state index in [9.17, 15) is 5.26 Å². The van der Waals surface area contributed by atoms with Crippen LogP contribution in [-0.2, 0) is 4.74 Å². The molecule has 2 aliphatic heterocycles. The van der Waals surface area contributed by atoms with Crippen LogP contribution >= 0.6 is 0 Å². The molecule has 1 aromatic carbocycles. The standard InChI is InChI=1S/C19H28N4O2/c1-15-14-23(16(2)13-21-15)18-5-3-4-17(12-20)19(18)25-11-8-22-6-9-24-10-7-22/h3-5,15-16,21H,6-11,13-14H2,1-2H3. The van der Waals surface area contributed by atoms with Crippen LogP contribution in [0.4, 0.5) is 5.69 Å². The summed E-state index contributed by atoms with van der Waals surface area (Å²) in [5.41, 5.74) is 1.64. The van der Waals surface area contributed by atoms with Gasteiger partial charge >= 0.3 is 0 Å². The normalized spacial score (nSPS) is 24.8. The van der Waals surface area contributed by atoms with Gasteiger partial charge in [0.2, 0.25) is 0 Å². The fourth-order valence-electron chi connectivity index (χ4n) is 3.45. The third kappa shape index (κ3) is 4.43. The number of hydrogen-bond acceptors (Lipinski definition) is 6. The first kappa shape index (κ1) is 18.0. The van der Waals surface area contributed by atoms with Gasteiger partial charge in [-0.3, -0.25) is 4.90 Å². The Morgan fingerprint density at radius 1 is 1.32 bits per heavy atom. The molecule has 25 heavy (non-hydrogen) atoms. The number of anilines is 1. The van der Waals surface area contributed by atoms with E-state index in [0.717, 1.165) is 57.4 Å². The van der Waals surface area contributed by atoms with E-state index in [-0.39, 0.29) is 0 Å². The Balaban J connectivity index is 1.73. The number of rotatable bonds is 5. The Morgan fingerprint density at radius 3 is 2.88 bits per heavy atom. The van der Waals surface area contributed by atoms with Crippen molar-refractivity contribution in [3.63, 3.8) is 0 Å². The molecule has 2 saturated heterocycles. The first-order chi connectivity index (χ1) is 12.2. The Morgan fingerprint density at radius 2 is 2.12 bits per heavy atom. The number of ether oxygens (including phenoxy) is 2. The van der Waals surface area contributed by atoms with Gasteiger partial charge in [0.15, 0.2) is 5.75 Å². The molecule has 0 radical (unpaired) electrons. The van der Waals surface area contributed by atoms with Gasteiger partial charge in [-0.25, -0.2) is 0 Å². The van der Waals surface area contributed by atoms with Crippen LogP contribution in [0.3, 0.4) is 0 Å². The van der Waals surface area contributed by atoms with E-state index in [4.69, 9.17) is 9.47 Å². The van der Waals surface area contributed by atoms with Gasteiger partial charge in [0, 0.05) is 44.8 Å². The van der Waals surface area contributed by atoms with Crippen molar-refractivity contribution in [3.8, 4) is 11.8 Å². The van der Waals surface area contributed by atoms with Gasteiger partial charge in [0.1, 0.15) is 12.7 Å². The SMILES string of the molecule is CC1CN(c2cccc(C#N)c2OCCN2CCOCC2)C(C)CN1. The number of nitrogens with zero attached hydrogens (tertiary/aromatic N) is 3. The molecule has 1 N–H and O–H groups in total. The summed E-state index contributed by atoms with van der Waals surface area (Å²) in [6.45, 7) is 11.2. The molecule has 2 heterocycles. The molecule has 0 spiro atoms. The molecule has 2 aliphatic rings. The van der Waals surface area contributed by atoms with Gasteiger partial charge in [0.05, 0.1) is 24.5 Å². The monoisotopic (exact) mass is 344 g/mol. The fourth-order valence-corrected chi connectivity index (χ4v) is 3.45. The number of morpholine rings is 1. The van der Waals surface area contributed by atoms with Crippen LogP contribution in [0.2, 0.25) is 0 Å². The van der Waals surface area contributed by atoms with E-state index < -0.39 is 0 Å². The summed E-state index contributed by atoms with van der Waals surface area (Å²) in [6.07, 6.45) is 0. The summed E-state index contributed by atoms with van der Waals surface area (Å²) < 4.78 is 11.5. The van der Waals surface area contributed by atoms with Crippen molar-refractivity contribution in [2.24, 2.45) is 0 Å². The van der Waals surface area contributed by atoms with E-state index >= 15 is 0 Å². The second-order valence-electron chi connectivity index (χ2n) is 6.88. The summed E-state index contributed by atoms with van der Waals surface area (Å²) in [4.78, 5) is 4.69. The lowest BCUT2D eigenvalue weighted by molar-refractivity contribution is 0.0322. The van der Waals surface area contributed by atoms with Crippen LogP contribution < -0.4 is 15.0 Å². The van der Waals surface area contributed by atoms with Gasteiger partial charge < -0.3 is 19.7 Å². The van der Waals surface area contributed by atoms with Gasteiger partial charge in [-0.1, -0.05) is 6.07 Å². The highest BCUT2D eigenvalue weighted by Gasteiger charge is 2.26. The average molecular weight is 344 g/mol. The molecular formula is C19H28N4O2. The van der Waals surface area contributed by atoms with Crippen molar-refractivity contribution in [3.05, 3.63) is 23.8 Å². The number of nitrogens with one attached hydrogen (secondary N) is 1. The molecule has 1 aromatic rings. The van der Waals surface area contributed by atoms with Gasteiger partial charge in [-0.05, 0) is 26.0 Å². The van der Waals surface area contributed by atoms with Gasteiger partial charge in [-0.15, -0.1) is 0 Å². The molecule has 0 bridgehead atoms. The van der Waals surface area contributed by atoms with E-state index in [1.807, 2.05) is 12.1 Å². The Kier molecular flexibility index (Phi) is 6.14. The minimum absolute atomic E-state index is 0.367. The molecule has 3 rings (SSSR count). The fraction of sp³-hybridized carbons (Fsp3) is 0.632. The summed E-state index contributed by atoms with van der Waals surface area (Å²) in [5.74, 6) is 0.721. The van der Waals surface area contributed by atoms with Crippen LogP contribution in [0.1, 0.15) is 19.4 Å². The summed E-state index contributed by atoms with van der Waals surface area (Å²) in [5, 5.41) is 13.0. The zero-order valence-electron chi connectivity index (χ0n) is 15.2. The van der Waals surface area contributed by atoms with Crippen molar-refractivity contribution < 1.29 is 9.47 Å². The van der Waals surface area contributed by atoms with Crippen molar-refractivity contribution in [2.75, 3.05) is 57.4 Å². The van der Waals surface area contributed by atoms with E-state index in [1.165, 1.54) is 0 Å². The highest BCUT2D eigenvalue weighted by molar-refractivity contribution is 5.65. The molecule has 2 atom stereocenters. The average Bonchev–Trinajstić information content (AvgIpc) is 2.65. The predicted molar refractivity (Wildman–Crippen MR) is 98.2 cm³/mol. The van der Waals surface area contributed by atoms with E-state index in [1.54, 1.807) is 0 Å². The van der Waals surface area contributed by atoms with Gasteiger partial charge in [-0.2, -0.15) is 5.26 Å². The van der Waals surface area contributed by atoms with Gasteiger partial charge in [0.25, 0.3) is 0 Å². The lowest BCUT2D eigenvalue weighted by Gasteiger charge is -2.40. The van der Waals surface area contributed by atoms with Crippen LogP contribution in [0.5, 0.6) is 5.75 Å². The van der Waals surface area contributed by atoms with Crippen LogP contribution in [0.15, 0.2) is 18.2 Å². The molecule has 6 heteroatoms. The predicted octanol–water partition coefficient (Wildman–Crippen LogP) is 1.46. The molecule has 0 amide bonds. The largest absolute Gasteiger partial charge is 0.489 e. The van der Waals surface area contributed by atoms with Crippen LogP contribution in [-0.4, -0.2) is 69.5 Å². The maximum Gasteiger partial charge on any atom is 0.160 e. The van der Waals surface area contributed by atoms with E-state index in [0.29, 0.717) is 24.3 Å². The number of para-hydroxylation sites is 1. The van der Waals surface area contributed by atoms with Crippen molar-refractivity contribution in [2.45, 2.75) is 25.9 Å². The maximum atomic E-state index is 9.52. The molecular weight excluding hydrogens is 316 g/mol. The number of piperazine rings is 1. The topological polar surface area (TPSA) is 60.8 Å². The third-order valence-corrected chi connectivity index (χ3v) is 4.95. The first-order valence-electron chi connectivity index (χ1n) is 9.15. The lowest BCUT2D eigenvalue weighted by atomic mass is 10.1. The molecule has 2 unspecified atom stereocenters. The zero-order chi connectivity index (χ0) is 17.6. The molecule has 6 nitrogen and oxygen atoms in total. The molecule has 2 fully saturated rings. The Bertz CT molecular complexity index is 610. The number of benzene rings is 1. The maximum absolute atomic E-state index is 9.52. The number of nitriles is 1. The summed E-state index contributed by atoms with van der Waals surface area (Å²) in [6, 6.07) is 8.93. The van der Waals surface area contributed by atoms with Crippen LogP contribution in [0.25, 0.3) is 0 Å². The van der Waals surface area contributed by atoms with E-state index in [2.05, 4.69) is 41.1 Å². The second kappa shape index (κ2) is 8.52. The number of hydrogen-bond donors (Lipinski definition) is 1. The van der Waals surface area contributed by atoms with Crippen molar-refractivity contribution in [1.29, 1.82) is 5.26 Å². The third-order valence-electron chi connectivity index (χ3n) is 4.95. The van der Waals surface area contributed by atoms with Crippen molar-refractivity contribution >= 4 is 5.69 Å². The molecule has 0 saturated carbocycles.